The van der Waals surface area contributed by atoms with Crippen molar-refractivity contribution in [3.8, 4) is 0 Å². The highest BCUT2D eigenvalue weighted by Gasteiger charge is 2.28. The van der Waals surface area contributed by atoms with E-state index in [-0.39, 0.29) is 17.9 Å². The molecule has 2 atom stereocenters. The summed E-state index contributed by atoms with van der Waals surface area (Å²) in [7, 11) is 1.35. The molecule has 2 rings (SSSR count). The Kier molecular flexibility index (Phi) is 5.36. The number of carbonyl (C=O) groups excluding carboxylic acids is 2. The number of esters is 1. The molecule has 1 N–H and O–H groups in total. The summed E-state index contributed by atoms with van der Waals surface area (Å²) in [4.78, 5) is 24.1. The van der Waals surface area contributed by atoms with E-state index in [2.05, 4.69) is 5.32 Å². The largest absolute Gasteiger partial charge is 0.472 e. The summed E-state index contributed by atoms with van der Waals surface area (Å²) in [6.45, 7) is 1.79. The Hall–Kier alpha value is -2.56. The third kappa shape index (κ3) is 3.97. The van der Waals surface area contributed by atoms with Gasteiger partial charge < -0.3 is 14.5 Å². The molecular formula is C17H19NO4. The summed E-state index contributed by atoms with van der Waals surface area (Å²) in [6.07, 6.45) is 3.30. The first kappa shape index (κ1) is 15.8. The highest BCUT2D eigenvalue weighted by Crippen LogP contribution is 2.15. The number of rotatable bonds is 6. The van der Waals surface area contributed by atoms with E-state index < -0.39 is 5.92 Å². The van der Waals surface area contributed by atoms with Crippen molar-refractivity contribution in [3.63, 3.8) is 0 Å². The number of methoxy groups -OCH3 is 1. The number of hydrogen-bond acceptors (Lipinski definition) is 4. The first-order valence-electron chi connectivity index (χ1n) is 7.06. The SMILES string of the molecule is COC(=O)[C@@H](Cc1ccccc1)[C@@H](C)NC(=O)c1ccoc1. The van der Waals surface area contributed by atoms with E-state index in [4.69, 9.17) is 9.15 Å². The molecule has 0 bridgehead atoms. The van der Waals surface area contributed by atoms with E-state index in [1.807, 2.05) is 30.3 Å². The lowest BCUT2D eigenvalue weighted by Crippen LogP contribution is -2.42. The third-order valence-electron chi connectivity index (χ3n) is 3.55. The van der Waals surface area contributed by atoms with Crippen molar-refractivity contribution >= 4 is 11.9 Å². The molecule has 1 amide bonds. The molecule has 1 heterocycles. The number of ether oxygens (including phenoxy) is 1. The molecule has 0 aliphatic rings. The van der Waals surface area contributed by atoms with Crippen LogP contribution in [0.4, 0.5) is 0 Å². The van der Waals surface area contributed by atoms with Gasteiger partial charge in [0, 0.05) is 6.04 Å². The van der Waals surface area contributed by atoms with Crippen molar-refractivity contribution in [2.45, 2.75) is 19.4 Å². The number of nitrogens with one attached hydrogen (secondary N) is 1. The smallest absolute Gasteiger partial charge is 0.311 e. The summed E-state index contributed by atoms with van der Waals surface area (Å²) < 4.78 is 9.76. The lowest BCUT2D eigenvalue weighted by atomic mass is 9.93. The molecule has 0 aliphatic heterocycles. The standard InChI is InChI=1S/C17H19NO4/c1-12(18-16(19)14-8-9-22-11-14)15(17(20)21-2)10-13-6-4-3-5-7-13/h3-9,11-12,15H,10H2,1-2H3,(H,18,19)/t12-,15+/m1/s1. The zero-order valence-electron chi connectivity index (χ0n) is 12.6. The van der Waals surface area contributed by atoms with Gasteiger partial charge in [-0.1, -0.05) is 30.3 Å². The molecule has 0 saturated heterocycles. The van der Waals surface area contributed by atoms with E-state index in [0.717, 1.165) is 5.56 Å². The van der Waals surface area contributed by atoms with Crippen LogP contribution in [0.25, 0.3) is 0 Å². The topological polar surface area (TPSA) is 68.5 Å². The van der Waals surface area contributed by atoms with Gasteiger partial charge in [-0.05, 0) is 25.0 Å². The van der Waals surface area contributed by atoms with Crippen molar-refractivity contribution in [2.24, 2.45) is 5.92 Å². The predicted molar refractivity (Wildman–Crippen MR) is 81.3 cm³/mol. The normalized spacial score (nSPS) is 13.2. The van der Waals surface area contributed by atoms with Gasteiger partial charge in [0.25, 0.3) is 5.91 Å². The van der Waals surface area contributed by atoms with Crippen molar-refractivity contribution < 1.29 is 18.7 Å². The monoisotopic (exact) mass is 301 g/mol. The van der Waals surface area contributed by atoms with Crippen LogP contribution in [0, 0.1) is 5.92 Å². The van der Waals surface area contributed by atoms with E-state index in [1.54, 1.807) is 13.0 Å². The summed E-state index contributed by atoms with van der Waals surface area (Å²) in [5.74, 6) is -1.07. The van der Waals surface area contributed by atoms with Gasteiger partial charge in [0.15, 0.2) is 0 Å². The molecule has 5 heteroatoms. The lowest BCUT2D eigenvalue weighted by Gasteiger charge is -2.22. The number of carbonyl (C=O) groups is 2. The first-order valence-corrected chi connectivity index (χ1v) is 7.06. The van der Waals surface area contributed by atoms with Crippen LogP contribution in [0.2, 0.25) is 0 Å². The Bertz CT molecular complexity index is 607. The Morgan fingerprint density at radius 3 is 2.55 bits per heavy atom. The molecule has 1 aromatic carbocycles. The quantitative estimate of drug-likeness (QED) is 0.832. The fraction of sp³-hybridized carbons (Fsp3) is 0.294. The van der Waals surface area contributed by atoms with Crippen molar-refractivity contribution in [1.29, 1.82) is 0 Å². The Morgan fingerprint density at radius 2 is 1.95 bits per heavy atom. The van der Waals surface area contributed by atoms with E-state index >= 15 is 0 Å². The predicted octanol–water partition coefficient (Wildman–Crippen LogP) is 2.43. The van der Waals surface area contributed by atoms with Crippen molar-refractivity contribution in [2.75, 3.05) is 7.11 Å². The van der Waals surface area contributed by atoms with Gasteiger partial charge >= 0.3 is 5.97 Å². The molecule has 22 heavy (non-hydrogen) atoms. The fourth-order valence-electron chi connectivity index (χ4n) is 2.27. The van der Waals surface area contributed by atoms with Gasteiger partial charge in [-0.2, -0.15) is 0 Å². The average molecular weight is 301 g/mol. The summed E-state index contributed by atoms with van der Waals surface area (Å²) in [6, 6.07) is 10.8. The van der Waals surface area contributed by atoms with Gasteiger partial charge in [-0.25, -0.2) is 0 Å². The molecule has 0 fully saturated rings. The summed E-state index contributed by atoms with van der Waals surface area (Å²) in [5, 5.41) is 2.82. The average Bonchev–Trinajstić information content (AvgIpc) is 3.07. The second kappa shape index (κ2) is 7.45. The molecule has 2 aromatic rings. The second-order valence-corrected chi connectivity index (χ2v) is 5.09. The zero-order valence-corrected chi connectivity index (χ0v) is 12.6. The molecule has 0 radical (unpaired) electrons. The van der Waals surface area contributed by atoms with Gasteiger partial charge in [0.1, 0.15) is 6.26 Å². The van der Waals surface area contributed by atoms with Crippen LogP contribution in [0.1, 0.15) is 22.8 Å². The molecule has 0 aliphatic carbocycles. The molecular weight excluding hydrogens is 282 g/mol. The second-order valence-electron chi connectivity index (χ2n) is 5.09. The molecule has 0 spiro atoms. The van der Waals surface area contributed by atoms with Gasteiger partial charge in [0.05, 0.1) is 24.9 Å². The van der Waals surface area contributed by atoms with E-state index in [1.165, 1.54) is 19.6 Å². The van der Waals surface area contributed by atoms with Crippen LogP contribution in [-0.2, 0) is 16.0 Å². The number of amides is 1. The minimum atomic E-state index is -0.455. The van der Waals surface area contributed by atoms with Gasteiger partial charge in [-0.3, -0.25) is 9.59 Å². The van der Waals surface area contributed by atoms with Gasteiger partial charge in [-0.15, -0.1) is 0 Å². The maximum Gasteiger partial charge on any atom is 0.311 e. The van der Waals surface area contributed by atoms with Crippen LogP contribution in [0.15, 0.2) is 53.3 Å². The van der Waals surface area contributed by atoms with E-state index in [9.17, 15) is 9.59 Å². The first-order chi connectivity index (χ1) is 10.6. The molecule has 5 nitrogen and oxygen atoms in total. The third-order valence-corrected chi connectivity index (χ3v) is 3.55. The Balaban J connectivity index is 2.07. The van der Waals surface area contributed by atoms with Crippen LogP contribution >= 0.6 is 0 Å². The number of hydrogen-bond donors (Lipinski definition) is 1. The Morgan fingerprint density at radius 1 is 1.23 bits per heavy atom. The molecule has 116 valence electrons. The van der Waals surface area contributed by atoms with Crippen molar-refractivity contribution in [1.82, 2.24) is 5.32 Å². The zero-order chi connectivity index (χ0) is 15.9. The molecule has 0 saturated carbocycles. The highest BCUT2D eigenvalue weighted by molar-refractivity contribution is 5.94. The van der Waals surface area contributed by atoms with Crippen LogP contribution in [0.5, 0.6) is 0 Å². The summed E-state index contributed by atoms with van der Waals surface area (Å²) >= 11 is 0. The Labute approximate surface area is 129 Å². The summed E-state index contributed by atoms with van der Waals surface area (Å²) in [5.41, 5.74) is 1.44. The van der Waals surface area contributed by atoms with Crippen LogP contribution in [0.3, 0.4) is 0 Å². The number of benzene rings is 1. The lowest BCUT2D eigenvalue weighted by molar-refractivity contribution is -0.146. The maximum absolute atomic E-state index is 12.1. The fourth-order valence-corrected chi connectivity index (χ4v) is 2.27. The van der Waals surface area contributed by atoms with E-state index in [0.29, 0.717) is 12.0 Å². The minimum Gasteiger partial charge on any atom is -0.472 e. The maximum atomic E-state index is 12.1. The molecule has 1 aromatic heterocycles. The van der Waals surface area contributed by atoms with Crippen LogP contribution < -0.4 is 5.32 Å². The van der Waals surface area contributed by atoms with Crippen molar-refractivity contribution in [3.05, 3.63) is 60.1 Å². The van der Waals surface area contributed by atoms with Gasteiger partial charge in [0.2, 0.25) is 0 Å². The molecule has 0 unspecified atom stereocenters. The number of furan rings is 1. The minimum absolute atomic E-state index is 0.275. The van der Waals surface area contributed by atoms with Crippen LogP contribution in [-0.4, -0.2) is 25.0 Å². The highest BCUT2D eigenvalue weighted by atomic mass is 16.5.